The average Bonchev–Trinajstić information content (AvgIpc) is 2.15. The average molecular weight is 305 g/mol. The van der Waals surface area contributed by atoms with Gasteiger partial charge in [0.15, 0.2) is 0 Å². The van der Waals surface area contributed by atoms with E-state index in [0.717, 1.165) is 4.35 Å². The van der Waals surface area contributed by atoms with Gasteiger partial charge in [0.2, 0.25) is 0 Å². The fraction of sp³-hybridized carbons (Fsp3) is 0.333. The zero-order valence-electron chi connectivity index (χ0n) is 9.73. The Labute approximate surface area is 101 Å². The topological polar surface area (TPSA) is 107 Å². The molecule has 8 heteroatoms. The van der Waals surface area contributed by atoms with Crippen LogP contribution in [-0.4, -0.2) is 28.8 Å². The van der Waals surface area contributed by atoms with Crippen LogP contribution in [0.2, 0.25) is 17.1 Å². The molecule has 0 atom stereocenters. The van der Waals surface area contributed by atoms with Crippen molar-refractivity contribution < 1.29 is 15.2 Å². The van der Waals surface area contributed by atoms with E-state index in [0.29, 0.717) is 0 Å². The number of rotatable bonds is 2. The van der Waals surface area contributed by atoms with Crippen LogP contribution < -0.4 is 4.35 Å². The van der Waals surface area contributed by atoms with E-state index in [1.807, 2.05) is 6.07 Å². The van der Waals surface area contributed by atoms with Gasteiger partial charge in [0.25, 0.3) is 5.09 Å². The largest absolute Gasteiger partial charge is 0.328 e. The van der Waals surface area contributed by atoms with Crippen molar-refractivity contribution in [3.63, 3.8) is 0 Å². The Hall–Kier alpha value is -1.62. The van der Waals surface area contributed by atoms with Gasteiger partial charge < -0.3 is 5.21 Å². The van der Waals surface area contributed by atoms with Crippen LogP contribution >= 0.6 is 0 Å². The van der Waals surface area contributed by atoms with E-state index in [1.165, 1.54) is 6.07 Å². The first-order valence-corrected chi connectivity index (χ1v) is 11.1. The summed E-state index contributed by atoms with van der Waals surface area (Å²) in [6.07, 6.45) is 0. The molecule has 0 heterocycles. The van der Waals surface area contributed by atoms with Gasteiger partial charge >= 0.3 is 80.0 Å². The Morgan fingerprint density at radius 2 is 1.65 bits per heavy atom. The van der Waals surface area contributed by atoms with Crippen molar-refractivity contribution in [3.8, 4) is 0 Å². The first kappa shape index (κ1) is 15.4. The van der Waals surface area contributed by atoms with Crippen LogP contribution in [0.3, 0.4) is 0 Å². The molecule has 0 fully saturated rings. The maximum Gasteiger partial charge on any atom is 0.291 e. The van der Waals surface area contributed by atoms with Crippen molar-refractivity contribution in [2.75, 3.05) is 0 Å². The summed E-state index contributed by atoms with van der Waals surface area (Å²) in [7, 11) is 0. The summed E-state index contributed by atoms with van der Waals surface area (Å²) >= 11 is -1.74. The summed E-state index contributed by atoms with van der Waals surface area (Å²) in [5, 5.41) is 24.1. The smallest absolute Gasteiger partial charge is 0.291 e. The zero-order valence-corrected chi connectivity index (χ0v) is 11.6. The van der Waals surface area contributed by atoms with Crippen LogP contribution in [0, 0.1) is 20.2 Å². The van der Waals surface area contributed by atoms with E-state index >= 15 is 0 Å². The Morgan fingerprint density at radius 1 is 1.18 bits per heavy atom. The molecule has 0 aliphatic carbocycles. The summed E-state index contributed by atoms with van der Waals surface area (Å²) < 4.78 is 1.16. The molecular formula is C9H14AsN2O5+. The van der Waals surface area contributed by atoms with Gasteiger partial charge in [-0.25, -0.2) is 0 Å². The fourth-order valence-corrected chi connectivity index (χ4v) is 3.23. The number of nitro benzene ring substituents is 1. The minimum absolute atomic E-state index is 0.203. The Balaban J connectivity index is 0.000000557. The van der Waals surface area contributed by atoms with Crippen LogP contribution in [0.1, 0.15) is 0 Å². The van der Waals surface area contributed by atoms with Crippen molar-refractivity contribution in [2.45, 2.75) is 17.1 Å². The number of hydrogen-bond donors (Lipinski definition) is 1. The molecule has 1 rings (SSSR count). The summed E-state index contributed by atoms with van der Waals surface area (Å²) in [6.45, 7) is 0. The molecule has 0 amide bonds. The maximum atomic E-state index is 10.5. The van der Waals surface area contributed by atoms with Crippen molar-refractivity contribution in [1.29, 1.82) is 0 Å². The number of benzene rings is 1. The normalized spacial score (nSPS) is 10.1. The van der Waals surface area contributed by atoms with Crippen molar-refractivity contribution in [3.05, 3.63) is 44.5 Å². The third-order valence-corrected chi connectivity index (χ3v) is 5.65. The van der Waals surface area contributed by atoms with E-state index in [-0.39, 0.29) is 10.6 Å². The molecule has 0 radical (unpaired) electrons. The number of nitrogens with zero attached hydrogens (tertiary/aromatic N) is 2. The molecule has 1 aromatic carbocycles. The third kappa shape index (κ3) is 6.52. The minimum atomic E-state index is -1.74. The Bertz CT molecular complexity index is 412. The van der Waals surface area contributed by atoms with Gasteiger partial charge in [0, 0.05) is 0 Å². The van der Waals surface area contributed by atoms with Crippen LogP contribution in [-0.2, 0) is 0 Å². The van der Waals surface area contributed by atoms with Gasteiger partial charge in [0.1, 0.15) is 0 Å². The maximum absolute atomic E-state index is 10.5. The summed E-state index contributed by atoms with van der Waals surface area (Å²) in [4.78, 5) is 18.5. The van der Waals surface area contributed by atoms with Crippen molar-refractivity contribution in [1.82, 2.24) is 0 Å². The first-order chi connectivity index (χ1) is 7.64. The van der Waals surface area contributed by atoms with Gasteiger partial charge in [-0.1, -0.05) is 0 Å². The van der Waals surface area contributed by atoms with Crippen LogP contribution in [0.4, 0.5) is 5.69 Å². The quantitative estimate of drug-likeness (QED) is 0.509. The predicted molar refractivity (Wildman–Crippen MR) is 64.9 cm³/mol. The van der Waals surface area contributed by atoms with E-state index in [2.05, 4.69) is 17.1 Å². The molecule has 0 aromatic heterocycles. The van der Waals surface area contributed by atoms with Gasteiger partial charge in [0.05, 0.1) is 0 Å². The molecule has 0 saturated heterocycles. The molecule has 94 valence electrons. The molecule has 0 aliphatic heterocycles. The first-order valence-electron chi connectivity index (χ1n) is 4.54. The Kier molecular flexibility index (Phi) is 5.61. The molecule has 0 unspecified atom stereocenters. The van der Waals surface area contributed by atoms with Crippen molar-refractivity contribution in [2.24, 2.45) is 0 Å². The minimum Gasteiger partial charge on any atom is -0.328 e. The Morgan fingerprint density at radius 3 is 2.00 bits per heavy atom. The summed E-state index contributed by atoms with van der Waals surface area (Å²) in [5.41, 5.74) is 6.82. The van der Waals surface area contributed by atoms with Gasteiger partial charge in [-0.15, -0.1) is 10.1 Å². The van der Waals surface area contributed by atoms with Gasteiger partial charge in [-0.2, -0.15) is 0 Å². The summed E-state index contributed by atoms with van der Waals surface area (Å²) in [5.74, 6) is 0. The third-order valence-electron chi connectivity index (χ3n) is 1.82. The SMILES string of the molecule is C[As+](C)(C)c1cccc([N+](=O)[O-])c1.O=[N+]([O-])O. The predicted octanol–water partition coefficient (Wildman–Crippen LogP) is 1.79. The monoisotopic (exact) mass is 305 g/mol. The second-order valence-corrected chi connectivity index (χ2v) is 13.6. The molecule has 1 aromatic rings. The molecule has 1 N–H and O–H groups in total. The molecule has 0 saturated carbocycles. The van der Waals surface area contributed by atoms with E-state index < -0.39 is 18.6 Å². The van der Waals surface area contributed by atoms with E-state index in [1.54, 1.807) is 12.1 Å². The second-order valence-electron chi connectivity index (χ2n) is 4.03. The molecule has 0 bridgehead atoms. The van der Waals surface area contributed by atoms with Crippen molar-refractivity contribution >= 4 is 23.6 Å². The van der Waals surface area contributed by atoms with Crippen LogP contribution in [0.15, 0.2) is 24.3 Å². The molecule has 17 heavy (non-hydrogen) atoms. The molecule has 0 spiro atoms. The number of hydrogen-bond acceptors (Lipinski definition) is 4. The standard InChI is InChI=1S/C9H13AsNO2.HNO3/c1-10(2,3)8-5-4-6-9(7-8)11(12)13;2-1(3)4/h4-7H,1-3H3;(H,2,3,4)/q+1;. The second kappa shape index (κ2) is 6.20. The zero-order chi connectivity index (χ0) is 13.6. The fourth-order valence-electron chi connectivity index (χ4n) is 1.02. The van der Waals surface area contributed by atoms with Crippen LogP contribution in [0.25, 0.3) is 0 Å². The van der Waals surface area contributed by atoms with E-state index in [4.69, 9.17) is 15.3 Å². The summed E-state index contributed by atoms with van der Waals surface area (Å²) in [6, 6.07) is 6.99. The van der Waals surface area contributed by atoms with E-state index in [9.17, 15) is 10.1 Å². The number of non-ortho nitro benzene ring substituents is 1. The number of nitro groups is 1. The van der Waals surface area contributed by atoms with Gasteiger partial charge in [-0.3, -0.25) is 0 Å². The molecule has 7 nitrogen and oxygen atoms in total. The molecular weight excluding hydrogens is 291 g/mol. The van der Waals surface area contributed by atoms with Crippen LogP contribution in [0.5, 0.6) is 0 Å². The molecule has 0 aliphatic rings. The van der Waals surface area contributed by atoms with Gasteiger partial charge in [-0.05, 0) is 0 Å².